The highest BCUT2D eigenvalue weighted by atomic mass is 35.5. The highest BCUT2D eigenvalue weighted by molar-refractivity contribution is 6.18. The number of carbonyl (C=O) groups excluding carboxylic acids is 1. The van der Waals surface area contributed by atoms with Gasteiger partial charge in [-0.3, -0.25) is 4.79 Å². The van der Waals surface area contributed by atoms with Crippen molar-refractivity contribution in [2.45, 2.75) is 19.3 Å². The fraction of sp³-hybridized carbons (Fsp3) is 0.778. The molecule has 1 amide bonds. The Bertz CT molecular complexity index is 216. The van der Waals surface area contributed by atoms with Crippen molar-refractivity contribution in [1.82, 2.24) is 4.90 Å². The van der Waals surface area contributed by atoms with E-state index in [-0.39, 0.29) is 11.8 Å². The van der Waals surface area contributed by atoms with E-state index in [1.807, 2.05) is 0 Å². The van der Waals surface area contributed by atoms with Gasteiger partial charge in [-0.15, -0.1) is 11.6 Å². The standard InChI is InChI=1S/C9H13ClN2O/c10-4-1-9(13)12-5-2-8(7-11)3-6-12/h8H,1-6H2. The Balaban J connectivity index is 2.33. The number of hydrogen-bond donors (Lipinski definition) is 0. The fourth-order valence-electron chi connectivity index (χ4n) is 1.50. The first-order chi connectivity index (χ1) is 6.27. The molecule has 0 bridgehead atoms. The van der Waals surface area contributed by atoms with Gasteiger partial charge in [-0.05, 0) is 12.8 Å². The summed E-state index contributed by atoms with van der Waals surface area (Å²) in [5.41, 5.74) is 0. The van der Waals surface area contributed by atoms with Gasteiger partial charge in [0.2, 0.25) is 5.91 Å². The monoisotopic (exact) mass is 200 g/mol. The third kappa shape index (κ3) is 2.89. The smallest absolute Gasteiger partial charge is 0.223 e. The highest BCUT2D eigenvalue weighted by Crippen LogP contribution is 2.16. The maximum absolute atomic E-state index is 11.4. The molecule has 0 unspecified atom stereocenters. The molecule has 13 heavy (non-hydrogen) atoms. The number of likely N-dealkylation sites (tertiary alicyclic amines) is 1. The molecular formula is C9H13ClN2O. The molecule has 0 saturated carbocycles. The molecule has 0 atom stereocenters. The van der Waals surface area contributed by atoms with E-state index < -0.39 is 0 Å². The van der Waals surface area contributed by atoms with Crippen molar-refractivity contribution in [2.75, 3.05) is 19.0 Å². The summed E-state index contributed by atoms with van der Waals surface area (Å²) in [5, 5.41) is 8.64. The van der Waals surface area contributed by atoms with Gasteiger partial charge < -0.3 is 4.90 Å². The summed E-state index contributed by atoms with van der Waals surface area (Å²) in [6.45, 7) is 1.43. The van der Waals surface area contributed by atoms with Gasteiger partial charge in [-0.1, -0.05) is 0 Å². The lowest BCUT2D eigenvalue weighted by molar-refractivity contribution is -0.131. The summed E-state index contributed by atoms with van der Waals surface area (Å²) in [7, 11) is 0. The molecule has 1 aliphatic heterocycles. The number of nitriles is 1. The molecule has 1 aliphatic rings. The molecule has 1 rings (SSSR count). The Morgan fingerprint density at radius 3 is 2.62 bits per heavy atom. The zero-order valence-corrected chi connectivity index (χ0v) is 8.26. The van der Waals surface area contributed by atoms with Crippen LogP contribution in [0.25, 0.3) is 0 Å². The quantitative estimate of drug-likeness (QED) is 0.633. The van der Waals surface area contributed by atoms with Crippen LogP contribution in [-0.2, 0) is 4.79 Å². The molecule has 0 aromatic rings. The number of rotatable bonds is 2. The summed E-state index contributed by atoms with van der Waals surface area (Å²) in [4.78, 5) is 13.2. The minimum absolute atomic E-state index is 0.117. The van der Waals surface area contributed by atoms with Crippen LogP contribution in [0.4, 0.5) is 0 Å². The van der Waals surface area contributed by atoms with E-state index in [1.54, 1.807) is 4.90 Å². The first-order valence-corrected chi connectivity index (χ1v) is 5.04. The zero-order chi connectivity index (χ0) is 9.68. The second-order valence-electron chi connectivity index (χ2n) is 3.22. The van der Waals surface area contributed by atoms with Crippen molar-refractivity contribution in [3.05, 3.63) is 0 Å². The van der Waals surface area contributed by atoms with Crippen LogP contribution in [0.15, 0.2) is 0 Å². The van der Waals surface area contributed by atoms with E-state index in [0.29, 0.717) is 25.4 Å². The van der Waals surface area contributed by atoms with Crippen LogP contribution < -0.4 is 0 Å². The summed E-state index contributed by atoms with van der Waals surface area (Å²) in [6, 6.07) is 2.23. The van der Waals surface area contributed by atoms with Gasteiger partial charge in [-0.25, -0.2) is 0 Å². The van der Waals surface area contributed by atoms with Crippen molar-refractivity contribution in [2.24, 2.45) is 5.92 Å². The maximum atomic E-state index is 11.4. The number of amides is 1. The largest absolute Gasteiger partial charge is 0.343 e. The van der Waals surface area contributed by atoms with Crippen LogP contribution in [0.3, 0.4) is 0 Å². The molecule has 0 spiro atoms. The molecule has 72 valence electrons. The third-order valence-corrected chi connectivity index (χ3v) is 2.53. The van der Waals surface area contributed by atoms with E-state index in [2.05, 4.69) is 6.07 Å². The van der Waals surface area contributed by atoms with Crippen LogP contribution in [0.1, 0.15) is 19.3 Å². The predicted octanol–water partition coefficient (Wildman–Crippen LogP) is 1.38. The lowest BCUT2D eigenvalue weighted by atomic mass is 9.98. The van der Waals surface area contributed by atoms with E-state index in [1.165, 1.54) is 0 Å². The van der Waals surface area contributed by atoms with E-state index >= 15 is 0 Å². The van der Waals surface area contributed by atoms with Gasteiger partial charge in [0.1, 0.15) is 0 Å². The minimum atomic E-state index is 0.117. The Morgan fingerprint density at radius 2 is 2.15 bits per heavy atom. The maximum Gasteiger partial charge on any atom is 0.223 e. The van der Waals surface area contributed by atoms with Gasteiger partial charge >= 0.3 is 0 Å². The number of hydrogen-bond acceptors (Lipinski definition) is 2. The normalized spacial score (nSPS) is 18.3. The molecule has 1 saturated heterocycles. The second-order valence-corrected chi connectivity index (χ2v) is 3.60. The molecule has 1 fully saturated rings. The number of piperidine rings is 1. The van der Waals surface area contributed by atoms with Gasteiger partial charge in [-0.2, -0.15) is 5.26 Å². The summed E-state index contributed by atoms with van der Waals surface area (Å²) < 4.78 is 0. The molecule has 0 radical (unpaired) electrons. The van der Waals surface area contributed by atoms with Crippen LogP contribution in [0.5, 0.6) is 0 Å². The Labute approximate surface area is 83.3 Å². The highest BCUT2D eigenvalue weighted by Gasteiger charge is 2.21. The number of alkyl halides is 1. The Kier molecular flexibility index (Phi) is 4.04. The number of carbonyl (C=O) groups is 1. The predicted molar refractivity (Wildman–Crippen MR) is 50.3 cm³/mol. The van der Waals surface area contributed by atoms with Crippen molar-refractivity contribution >= 4 is 17.5 Å². The Hall–Kier alpha value is -0.750. The van der Waals surface area contributed by atoms with Crippen molar-refractivity contribution in [1.29, 1.82) is 5.26 Å². The molecular weight excluding hydrogens is 188 g/mol. The first-order valence-electron chi connectivity index (χ1n) is 4.51. The average Bonchev–Trinajstić information content (AvgIpc) is 2.18. The average molecular weight is 201 g/mol. The number of halogens is 1. The van der Waals surface area contributed by atoms with Crippen LogP contribution in [0.2, 0.25) is 0 Å². The Morgan fingerprint density at radius 1 is 1.54 bits per heavy atom. The molecule has 3 nitrogen and oxygen atoms in total. The van der Waals surface area contributed by atoms with E-state index in [0.717, 1.165) is 12.8 Å². The first kappa shape index (κ1) is 10.3. The van der Waals surface area contributed by atoms with Gasteiger partial charge in [0.25, 0.3) is 0 Å². The molecule has 4 heteroatoms. The SMILES string of the molecule is N#CC1CCN(C(=O)CCCl)CC1. The van der Waals surface area contributed by atoms with E-state index in [9.17, 15) is 4.79 Å². The van der Waals surface area contributed by atoms with Crippen LogP contribution >= 0.6 is 11.6 Å². The topological polar surface area (TPSA) is 44.1 Å². The molecule has 0 aromatic carbocycles. The molecule has 0 N–H and O–H groups in total. The van der Waals surface area contributed by atoms with Crippen LogP contribution in [-0.4, -0.2) is 29.8 Å². The molecule has 0 aliphatic carbocycles. The summed E-state index contributed by atoms with van der Waals surface area (Å²) in [6.07, 6.45) is 2.04. The van der Waals surface area contributed by atoms with Gasteiger partial charge in [0.15, 0.2) is 0 Å². The lowest BCUT2D eigenvalue weighted by Gasteiger charge is -2.28. The second kappa shape index (κ2) is 5.08. The third-order valence-electron chi connectivity index (χ3n) is 2.34. The van der Waals surface area contributed by atoms with Crippen molar-refractivity contribution < 1.29 is 4.79 Å². The zero-order valence-electron chi connectivity index (χ0n) is 7.50. The van der Waals surface area contributed by atoms with Gasteiger partial charge in [0.05, 0.1) is 6.07 Å². The van der Waals surface area contributed by atoms with Crippen molar-refractivity contribution in [3.63, 3.8) is 0 Å². The van der Waals surface area contributed by atoms with Crippen molar-refractivity contribution in [3.8, 4) is 6.07 Å². The molecule has 1 heterocycles. The van der Waals surface area contributed by atoms with E-state index in [4.69, 9.17) is 16.9 Å². The van der Waals surface area contributed by atoms with Crippen LogP contribution in [0, 0.1) is 17.2 Å². The molecule has 0 aromatic heterocycles. The summed E-state index contributed by atoms with van der Waals surface area (Å²) >= 11 is 5.47. The lowest BCUT2D eigenvalue weighted by Crippen LogP contribution is -2.38. The number of nitrogens with zero attached hydrogens (tertiary/aromatic N) is 2. The fourth-order valence-corrected chi connectivity index (χ4v) is 1.66. The van der Waals surface area contributed by atoms with Gasteiger partial charge in [0, 0.05) is 31.3 Å². The summed E-state index contributed by atoms with van der Waals surface area (Å²) in [5.74, 6) is 0.642. The minimum Gasteiger partial charge on any atom is -0.343 e.